The second-order valence-electron chi connectivity index (χ2n) is 8.94. The molecule has 5 rings (SSSR count). The lowest BCUT2D eigenvalue weighted by Crippen LogP contribution is -2.25. The van der Waals surface area contributed by atoms with Crippen LogP contribution in [-0.2, 0) is 9.59 Å². The zero-order valence-corrected chi connectivity index (χ0v) is 22.6. The van der Waals surface area contributed by atoms with Gasteiger partial charge in [0.15, 0.2) is 5.17 Å². The maximum absolute atomic E-state index is 12.9. The van der Waals surface area contributed by atoms with Gasteiger partial charge in [-0.1, -0.05) is 30.0 Å². The summed E-state index contributed by atoms with van der Waals surface area (Å²) < 4.78 is 15.8. The second kappa shape index (κ2) is 11.6. The number of nitrogens with zero attached hydrogens (tertiary/aromatic N) is 3. The minimum atomic E-state index is -0.637. The molecular formula is C29H28N4O5S. The van der Waals surface area contributed by atoms with Crippen LogP contribution in [0.25, 0.3) is 0 Å². The van der Waals surface area contributed by atoms with Gasteiger partial charge in [0, 0.05) is 24.6 Å². The average Bonchev–Trinajstić information content (AvgIpc) is 3.57. The summed E-state index contributed by atoms with van der Waals surface area (Å²) in [5.41, 5.74) is 3.44. The van der Waals surface area contributed by atoms with E-state index in [2.05, 4.69) is 10.3 Å². The zero-order valence-electron chi connectivity index (χ0n) is 21.8. The van der Waals surface area contributed by atoms with Crippen molar-refractivity contribution in [1.29, 1.82) is 0 Å². The smallest absolute Gasteiger partial charge is 0.262 e. The number of amides is 2. The number of aliphatic imine (C=N–C) groups is 1. The molecule has 3 aromatic carbocycles. The number of hydrazone groups is 1. The Morgan fingerprint density at radius 3 is 2.28 bits per heavy atom. The predicted molar refractivity (Wildman–Crippen MR) is 152 cm³/mol. The van der Waals surface area contributed by atoms with Crippen molar-refractivity contribution in [3.8, 4) is 17.2 Å². The highest BCUT2D eigenvalue weighted by Crippen LogP contribution is 2.39. The molecular weight excluding hydrogens is 516 g/mol. The van der Waals surface area contributed by atoms with E-state index in [1.165, 1.54) is 11.8 Å². The topological polar surface area (TPSA) is 102 Å². The first-order valence-electron chi connectivity index (χ1n) is 12.4. The Kier molecular flexibility index (Phi) is 7.83. The Bertz CT molecular complexity index is 1420. The molecule has 0 bridgehead atoms. The number of amidine groups is 1. The van der Waals surface area contributed by atoms with Gasteiger partial charge in [-0.3, -0.25) is 9.59 Å². The molecule has 0 radical (unpaired) electrons. The Morgan fingerprint density at radius 2 is 1.62 bits per heavy atom. The van der Waals surface area contributed by atoms with Crippen LogP contribution >= 0.6 is 11.8 Å². The van der Waals surface area contributed by atoms with Gasteiger partial charge < -0.3 is 19.5 Å². The third-order valence-corrected chi connectivity index (χ3v) is 7.63. The second-order valence-corrected chi connectivity index (χ2v) is 10.1. The minimum Gasteiger partial charge on any atom is -0.497 e. The van der Waals surface area contributed by atoms with Gasteiger partial charge in [-0.15, -0.1) is 0 Å². The van der Waals surface area contributed by atoms with Crippen molar-refractivity contribution in [2.45, 2.75) is 24.1 Å². The van der Waals surface area contributed by atoms with E-state index in [4.69, 9.17) is 19.3 Å². The van der Waals surface area contributed by atoms with E-state index in [1.807, 2.05) is 48.5 Å². The molecule has 10 heteroatoms. The molecule has 0 saturated heterocycles. The minimum absolute atomic E-state index is 0.0101. The summed E-state index contributed by atoms with van der Waals surface area (Å²) in [6.07, 6.45) is 0.608. The van der Waals surface area contributed by atoms with Crippen molar-refractivity contribution in [3.05, 3.63) is 83.9 Å². The van der Waals surface area contributed by atoms with Crippen LogP contribution in [0.15, 0.2) is 82.9 Å². The van der Waals surface area contributed by atoms with Crippen molar-refractivity contribution >= 4 is 40.1 Å². The lowest BCUT2D eigenvalue weighted by atomic mass is 9.98. The molecule has 0 aliphatic carbocycles. The van der Waals surface area contributed by atoms with E-state index in [1.54, 1.807) is 50.6 Å². The lowest BCUT2D eigenvalue weighted by Gasteiger charge is -2.23. The number of nitrogens with one attached hydrogen (secondary N) is 1. The highest BCUT2D eigenvalue weighted by molar-refractivity contribution is 8.15. The number of carbonyl (C=O) groups excluding carboxylic acids is 2. The van der Waals surface area contributed by atoms with Crippen LogP contribution in [0.2, 0.25) is 0 Å². The molecule has 0 aromatic heterocycles. The molecule has 2 aliphatic rings. The highest BCUT2D eigenvalue weighted by atomic mass is 32.2. The Balaban J connectivity index is 1.34. The molecule has 1 N–H and O–H groups in total. The van der Waals surface area contributed by atoms with Gasteiger partial charge in [0.1, 0.15) is 22.5 Å². The molecule has 39 heavy (non-hydrogen) atoms. The third-order valence-electron chi connectivity index (χ3n) is 6.48. The van der Waals surface area contributed by atoms with Crippen LogP contribution in [-0.4, -0.2) is 54.3 Å². The van der Waals surface area contributed by atoms with Crippen molar-refractivity contribution in [1.82, 2.24) is 5.01 Å². The van der Waals surface area contributed by atoms with Crippen LogP contribution in [0, 0.1) is 0 Å². The number of carbonyl (C=O) groups is 2. The monoisotopic (exact) mass is 544 g/mol. The van der Waals surface area contributed by atoms with Crippen LogP contribution in [0.5, 0.6) is 17.2 Å². The summed E-state index contributed by atoms with van der Waals surface area (Å²) in [4.78, 5) is 29.9. The van der Waals surface area contributed by atoms with Gasteiger partial charge in [0.2, 0.25) is 5.91 Å². The predicted octanol–water partition coefficient (Wildman–Crippen LogP) is 4.89. The maximum atomic E-state index is 12.9. The quantitative estimate of drug-likeness (QED) is 0.431. The number of benzene rings is 3. The Labute approximate surface area is 230 Å². The summed E-state index contributed by atoms with van der Waals surface area (Å²) in [5, 5.41) is 9.36. The normalized spacial score (nSPS) is 18.4. The molecule has 0 saturated carbocycles. The number of thioether (sulfide) groups is 1. The van der Waals surface area contributed by atoms with E-state index < -0.39 is 5.25 Å². The summed E-state index contributed by atoms with van der Waals surface area (Å²) in [5.74, 6) is 1.52. The number of anilines is 1. The van der Waals surface area contributed by atoms with Crippen LogP contribution in [0.1, 0.15) is 30.0 Å². The fourth-order valence-electron chi connectivity index (χ4n) is 4.42. The van der Waals surface area contributed by atoms with E-state index in [9.17, 15) is 9.59 Å². The van der Waals surface area contributed by atoms with Crippen LogP contribution < -0.4 is 19.5 Å². The Hall–Kier alpha value is -4.31. The molecule has 2 atom stereocenters. The summed E-state index contributed by atoms with van der Waals surface area (Å²) in [6.45, 7) is 0. The van der Waals surface area contributed by atoms with E-state index in [0.717, 1.165) is 28.3 Å². The van der Waals surface area contributed by atoms with E-state index in [0.29, 0.717) is 23.0 Å². The third kappa shape index (κ3) is 5.91. The van der Waals surface area contributed by atoms with E-state index >= 15 is 0 Å². The fraction of sp³-hybridized carbons (Fsp3) is 0.241. The number of hydrogen-bond acceptors (Lipinski definition) is 8. The molecule has 2 unspecified atom stereocenters. The molecule has 2 aliphatic heterocycles. The van der Waals surface area contributed by atoms with Gasteiger partial charge >= 0.3 is 0 Å². The first kappa shape index (κ1) is 26.3. The summed E-state index contributed by atoms with van der Waals surface area (Å²) >= 11 is 1.26. The molecule has 3 aromatic rings. The van der Waals surface area contributed by atoms with Crippen molar-refractivity contribution < 1.29 is 23.8 Å². The molecule has 0 spiro atoms. The number of hydrogen-bond donors (Lipinski definition) is 1. The van der Waals surface area contributed by atoms with Gasteiger partial charge in [0.25, 0.3) is 5.91 Å². The first-order valence-corrected chi connectivity index (χ1v) is 13.2. The molecule has 2 heterocycles. The average molecular weight is 545 g/mol. The number of ether oxygens (including phenoxy) is 3. The van der Waals surface area contributed by atoms with Crippen molar-refractivity contribution in [2.75, 3.05) is 26.6 Å². The molecule has 0 fully saturated rings. The maximum Gasteiger partial charge on any atom is 0.262 e. The van der Waals surface area contributed by atoms with Crippen molar-refractivity contribution in [3.63, 3.8) is 0 Å². The lowest BCUT2D eigenvalue weighted by molar-refractivity contribution is -0.121. The highest BCUT2D eigenvalue weighted by Gasteiger charge is 2.39. The van der Waals surface area contributed by atoms with Gasteiger partial charge in [-0.25, -0.2) is 5.01 Å². The molecule has 2 amide bonds. The zero-order chi connectivity index (χ0) is 27.4. The number of rotatable bonds is 8. The standard InChI is InChI=1S/C29H28N4O5S/c1-36-21-11-7-18(8-12-21)24-16-25(19-9-13-22(37-2)14-10-19)33(32-24)29-31-28(35)26(39-29)17-27(34)30-20-5-4-6-23(15-20)38-3/h4-15,25-26H,16-17H2,1-3H3,(H,30,34). The Morgan fingerprint density at radius 1 is 0.949 bits per heavy atom. The fourth-order valence-corrected chi connectivity index (χ4v) is 5.48. The van der Waals surface area contributed by atoms with Crippen molar-refractivity contribution in [2.24, 2.45) is 10.1 Å². The van der Waals surface area contributed by atoms with Gasteiger partial charge in [-0.05, 0) is 59.7 Å². The van der Waals surface area contributed by atoms with Crippen LogP contribution in [0.3, 0.4) is 0 Å². The van der Waals surface area contributed by atoms with E-state index in [-0.39, 0.29) is 24.3 Å². The largest absolute Gasteiger partial charge is 0.497 e. The summed E-state index contributed by atoms with van der Waals surface area (Å²) in [7, 11) is 4.82. The SMILES string of the molecule is COc1ccc(C2=NN(C3=NC(=O)C(CC(=O)Nc4cccc(OC)c4)S3)C(c3ccc(OC)cc3)C2)cc1. The van der Waals surface area contributed by atoms with Gasteiger partial charge in [0.05, 0.1) is 33.1 Å². The first-order chi connectivity index (χ1) is 19.0. The van der Waals surface area contributed by atoms with Gasteiger partial charge in [-0.2, -0.15) is 10.1 Å². The molecule has 9 nitrogen and oxygen atoms in total. The molecule has 200 valence electrons. The summed E-state index contributed by atoms with van der Waals surface area (Å²) in [6, 6.07) is 22.4. The number of methoxy groups -OCH3 is 3. The van der Waals surface area contributed by atoms with Crippen LogP contribution in [0.4, 0.5) is 5.69 Å².